The third-order valence-electron chi connectivity index (χ3n) is 12.6. The highest BCUT2D eigenvalue weighted by atomic mass is 29.3. The van der Waals surface area contributed by atoms with Gasteiger partial charge in [-0.1, -0.05) is 116 Å². The highest BCUT2D eigenvalue weighted by molar-refractivity contribution is 7.41. The first-order valence-electron chi connectivity index (χ1n) is 15.4. The van der Waals surface area contributed by atoms with Gasteiger partial charge >= 0.3 is 0 Å². The zero-order valence-corrected chi connectivity index (χ0v) is 26.4. The average molecular weight is 509 g/mol. The van der Waals surface area contributed by atoms with Crippen LogP contribution >= 0.6 is 0 Å². The van der Waals surface area contributed by atoms with E-state index in [-0.39, 0.29) is 0 Å². The lowest BCUT2D eigenvalue weighted by atomic mass is 9.62. The van der Waals surface area contributed by atoms with Gasteiger partial charge < -0.3 is 0 Å². The minimum atomic E-state index is -1.36. The van der Waals surface area contributed by atoms with E-state index in [1.54, 1.807) is 24.8 Å². The summed E-state index contributed by atoms with van der Waals surface area (Å²) in [5.41, 5.74) is 4.36. The minimum Gasteiger partial charge on any atom is -0.0711 e. The van der Waals surface area contributed by atoms with Gasteiger partial charge in [0.15, 0.2) is 0 Å². The quantitative estimate of drug-likeness (QED) is 0.347. The van der Waals surface area contributed by atoms with Gasteiger partial charge in [0.05, 0.1) is 0 Å². The van der Waals surface area contributed by atoms with Gasteiger partial charge in [0, 0.05) is 15.2 Å². The van der Waals surface area contributed by atoms with Crippen LogP contribution in [0.15, 0.2) is 30.3 Å². The van der Waals surface area contributed by atoms with Crippen LogP contribution in [-0.2, 0) is 0 Å². The first-order valence-corrected chi connectivity index (χ1v) is 22.6. The molecule has 0 aliphatic heterocycles. The molecule has 196 valence electrons. The van der Waals surface area contributed by atoms with Gasteiger partial charge in [0.25, 0.3) is 0 Å². The topological polar surface area (TPSA) is 0 Å². The number of fused-ring (bicyclic) bond motifs is 2. The molecule has 4 aliphatic rings. The van der Waals surface area contributed by atoms with E-state index < -0.39 is 15.2 Å². The number of hydrogen-bond acceptors (Lipinski definition) is 0. The van der Waals surface area contributed by atoms with Crippen molar-refractivity contribution in [2.24, 2.45) is 40.9 Å². The lowest BCUT2D eigenvalue weighted by Gasteiger charge is -2.52. The molecule has 0 saturated heterocycles. The van der Waals surface area contributed by atoms with Crippen molar-refractivity contribution in [2.45, 2.75) is 129 Å². The Hall–Kier alpha value is -0.346. The van der Waals surface area contributed by atoms with Crippen molar-refractivity contribution in [3.63, 3.8) is 0 Å². The van der Waals surface area contributed by atoms with Gasteiger partial charge in [0.2, 0.25) is 0 Å². The summed E-state index contributed by atoms with van der Waals surface area (Å²) in [6.45, 7) is 21.7. The van der Waals surface area contributed by atoms with E-state index in [1.807, 2.05) is 0 Å². The summed E-state index contributed by atoms with van der Waals surface area (Å²) in [6.07, 6.45) is 13.7. The molecule has 0 N–H and O–H groups in total. The van der Waals surface area contributed by atoms with Gasteiger partial charge in [-0.2, -0.15) is 0 Å². The molecule has 0 spiro atoms. The lowest BCUT2D eigenvalue weighted by Crippen LogP contribution is -2.62. The lowest BCUT2D eigenvalue weighted by molar-refractivity contribution is 0.121. The molecule has 0 radical (unpaired) electrons. The molecule has 0 bridgehead atoms. The number of rotatable bonds is 5. The van der Waals surface area contributed by atoms with Crippen molar-refractivity contribution in [1.29, 1.82) is 0 Å². The van der Waals surface area contributed by atoms with E-state index in [0.717, 1.165) is 52.5 Å². The molecule has 1 aromatic carbocycles. The SMILES string of the molecule is CC1CC2C(CC3CCCC3C2c2ccccc2)C1[Si](C)(C)[Si](C)(C)C1CCC(CC(C)(C)C)C1. The van der Waals surface area contributed by atoms with Crippen LogP contribution in [0.1, 0.15) is 97.0 Å². The van der Waals surface area contributed by atoms with Crippen LogP contribution in [0.5, 0.6) is 0 Å². The molecule has 35 heavy (non-hydrogen) atoms. The van der Waals surface area contributed by atoms with Crippen molar-refractivity contribution < 1.29 is 0 Å². The molecular formula is C33H56Si2. The molecule has 9 unspecified atom stereocenters. The molecule has 9 atom stereocenters. The molecular weight excluding hydrogens is 453 g/mol. The maximum atomic E-state index is 2.91. The standard InChI is InChI=1S/C33H56Si2/c1-23-19-29-30(21-26-15-12-16-28(26)31(29)25-13-10-9-11-14-25)32(23)35(7,8)34(5,6)27-18-17-24(20-27)22-33(2,3)4/h9-11,13-14,23-24,26-32H,12,15-22H2,1-8H3. The Bertz CT molecular complexity index is 865. The summed E-state index contributed by atoms with van der Waals surface area (Å²) in [4.78, 5) is 0. The zero-order valence-electron chi connectivity index (χ0n) is 24.4. The summed E-state index contributed by atoms with van der Waals surface area (Å²) in [5.74, 6) is 6.79. The minimum absolute atomic E-state index is 0.498. The van der Waals surface area contributed by atoms with E-state index in [1.165, 1.54) is 38.5 Å². The molecule has 2 heteroatoms. The van der Waals surface area contributed by atoms with Crippen LogP contribution in [-0.4, -0.2) is 15.2 Å². The Labute approximate surface area is 220 Å². The third kappa shape index (κ3) is 4.71. The van der Waals surface area contributed by atoms with Crippen LogP contribution in [0.4, 0.5) is 0 Å². The second-order valence-corrected chi connectivity index (χ2v) is 32.3. The smallest absolute Gasteiger partial charge is 0.0451 e. The highest BCUT2D eigenvalue weighted by Gasteiger charge is 2.61. The summed E-state index contributed by atoms with van der Waals surface area (Å²) in [5, 5.41) is 0. The molecule has 4 saturated carbocycles. The molecule has 1 aromatic rings. The first kappa shape index (κ1) is 26.3. The predicted molar refractivity (Wildman–Crippen MR) is 159 cm³/mol. The summed E-state index contributed by atoms with van der Waals surface area (Å²) in [6, 6.07) is 11.9. The Kier molecular flexibility index (Phi) is 7.09. The number of hydrogen-bond donors (Lipinski definition) is 0. The van der Waals surface area contributed by atoms with Gasteiger partial charge in [0.1, 0.15) is 0 Å². The third-order valence-corrected chi connectivity index (χ3v) is 33.4. The van der Waals surface area contributed by atoms with Crippen molar-refractivity contribution in [3.05, 3.63) is 35.9 Å². The molecule has 4 fully saturated rings. The van der Waals surface area contributed by atoms with Gasteiger partial charge in [-0.15, -0.1) is 0 Å². The van der Waals surface area contributed by atoms with Crippen LogP contribution in [0.25, 0.3) is 0 Å². The second-order valence-electron chi connectivity index (χ2n) is 16.2. The zero-order chi connectivity index (χ0) is 25.2. The molecule has 4 aliphatic carbocycles. The van der Waals surface area contributed by atoms with Crippen LogP contribution in [0, 0.1) is 40.9 Å². The van der Waals surface area contributed by atoms with Crippen molar-refractivity contribution >= 4 is 15.2 Å². The molecule has 5 rings (SSSR count). The van der Waals surface area contributed by atoms with Gasteiger partial charge in [-0.25, -0.2) is 0 Å². The highest BCUT2D eigenvalue weighted by Crippen LogP contribution is 2.66. The Morgan fingerprint density at radius 1 is 0.771 bits per heavy atom. The average Bonchev–Trinajstić information content (AvgIpc) is 3.49. The van der Waals surface area contributed by atoms with E-state index in [9.17, 15) is 0 Å². The molecule has 0 aromatic heterocycles. The Morgan fingerprint density at radius 3 is 2.17 bits per heavy atom. The fourth-order valence-corrected chi connectivity index (χ4v) is 25.6. The largest absolute Gasteiger partial charge is 0.0711 e. The maximum absolute atomic E-state index is 2.91. The Balaban J connectivity index is 1.41. The molecule has 0 nitrogen and oxygen atoms in total. The van der Waals surface area contributed by atoms with Crippen molar-refractivity contribution in [1.82, 2.24) is 0 Å². The fourth-order valence-electron chi connectivity index (χ4n) is 10.8. The maximum Gasteiger partial charge on any atom is 0.0451 e. The predicted octanol–water partition coefficient (Wildman–Crippen LogP) is 10.3. The summed E-state index contributed by atoms with van der Waals surface area (Å²) >= 11 is 0. The van der Waals surface area contributed by atoms with E-state index in [0.29, 0.717) is 5.41 Å². The van der Waals surface area contributed by atoms with Gasteiger partial charge in [-0.3, -0.25) is 0 Å². The van der Waals surface area contributed by atoms with Crippen LogP contribution in [0.3, 0.4) is 0 Å². The van der Waals surface area contributed by atoms with Crippen LogP contribution < -0.4 is 0 Å². The monoisotopic (exact) mass is 508 g/mol. The van der Waals surface area contributed by atoms with E-state index in [4.69, 9.17) is 0 Å². The normalized spacial score (nSPS) is 40.1. The van der Waals surface area contributed by atoms with Gasteiger partial charge in [-0.05, 0) is 89.2 Å². The van der Waals surface area contributed by atoms with Crippen molar-refractivity contribution in [2.75, 3.05) is 0 Å². The molecule has 0 amide bonds. The van der Waals surface area contributed by atoms with E-state index >= 15 is 0 Å². The van der Waals surface area contributed by atoms with Crippen LogP contribution in [0.2, 0.25) is 37.3 Å². The fraction of sp³-hybridized carbons (Fsp3) is 0.818. The first-order chi connectivity index (χ1) is 16.4. The number of benzene rings is 1. The second kappa shape index (κ2) is 9.44. The molecule has 0 heterocycles. The Morgan fingerprint density at radius 2 is 1.49 bits per heavy atom. The van der Waals surface area contributed by atoms with Crippen molar-refractivity contribution in [3.8, 4) is 0 Å². The summed E-state index contributed by atoms with van der Waals surface area (Å²) < 4.78 is 0. The summed E-state index contributed by atoms with van der Waals surface area (Å²) in [7, 11) is -2.65. The van der Waals surface area contributed by atoms with E-state index in [2.05, 4.69) is 84.2 Å².